The Morgan fingerprint density at radius 1 is 1.05 bits per heavy atom. The number of carbonyl (C=O) groups excluding carboxylic acids is 2. The first-order valence-corrected chi connectivity index (χ1v) is 14.3. The maximum Gasteiger partial charge on any atom is 1.00 e. The Labute approximate surface area is 251 Å². The van der Waals surface area contributed by atoms with Gasteiger partial charge in [0, 0.05) is 6.92 Å². The van der Waals surface area contributed by atoms with Crippen LogP contribution in [0.2, 0.25) is 0 Å². The normalized spacial score (nSPS) is 45.0. The third-order valence-electron chi connectivity index (χ3n) is 11.6. The van der Waals surface area contributed by atoms with Crippen LogP contribution < -0.4 is 34.7 Å². The fourth-order valence-corrected chi connectivity index (χ4v) is 9.78. The molecule has 0 amide bonds. The third kappa shape index (κ3) is 5.00. The van der Waals surface area contributed by atoms with Gasteiger partial charge in [-0.2, -0.15) is 0 Å². The van der Waals surface area contributed by atoms with Gasteiger partial charge in [0.2, 0.25) is 0 Å². The number of esters is 1. The minimum absolute atomic E-state index is 0. The van der Waals surface area contributed by atoms with Crippen LogP contribution in [0.25, 0.3) is 0 Å². The van der Waals surface area contributed by atoms with Gasteiger partial charge in [-0.05, 0) is 116 Å². The van der Waals surface area contributed by atoms with E-state index < -0.39 is 24.1 Å². The average molecular weight is 539 g/mol. The molecule has 0 heterocycles. The van der Waals surface area contributed by atoms with Crippen molar-refractivity contribution < 1.29 is 59.2 Å². The number of aliphatic hydroxyl groups is 2. The third-order valence-corrected chi connectivity index (χ3v) is 11.6. The number of aliphatic carboxylic acids is 1. The summed E-state index contributed by atoms with van der Waals surface area (Å²) in [5, 5.41) is 35.0. The van der Waals surface area contributed by atoms with Crippen LogP contribution in [0.5, 0.6) is 0 Å². The number of ether oxygens (including phenoxy) is 1. The van der Waals surface area contributed by atoms with Crippen LogP contribution >= 0.6 is 0 Å². The predicted octanol–water partition coefficient (Wildman–Crippen LogP) is 1.34. The summed E-state index contributed by atoms with van der Waals surface area (Å²) >= 11 is 0. The molecule has 0 aliphatic heterocycles. The molecule has 208 valence electrons. The summed E-state index contributed by atoms with van der Waals surface area (Å²) in [6.07, 6.45) is 5.92. The van der Waals surface area contributed by atoms with Crippen molar-refractivity contribution in [3.05, 3.63) is 22.8 Å². The fraction of sp³-hybridized carbons (Fsp3) is 0.806. The first kappa shape index (κ1) is 31.9. The van der Waals surface area contributed by atoms with Crippen molar-refractivity contribution in [1.29, 1.82) is 0 Å². The molecule has 4 fully saturated rings. The molecule has 7 heteroatoms. The monoisotopic (exact) mass is 538 g/mol. The quantitative estimate of drug-likeness (QED) is 0.237. The smallest absolute Gasteiger partial charge is 0.545 e. The summed E-state index contributed by atoms with van der Waals surface area (Å²) in [6, 6.07) is 0. The van der Waals surface area contributed by atoms with Crippen LogP contribution in [-0.2, 0) is 14.3 Å². The maximum atomic E-state index is 12.5. The van der Waals surface area contributed by atoms with Gasteiger partial charge in [-0.3, -0.25) is 4.79 Å². The number of fused-ring (bicyclic) bond motifs is 5. The molecule has 4 rings (SSSR count). The molecule has 0 aromatic heterocycles. The van der Waals surface area contributed by atoms with Crippen LogP contribution in [0.4, 0.5) is 0 Å². The van der Waals surface area contributed by atoms with Crippen molar-refractivity contribution in [3.8, 4) is 0 Å². The zero-order chi connectivity index (χ0) is 27.5. The summed E-state index contributed by atoms with van der Waals surface area (Å²) < 4.78 is 5.84. The van der Waals surface area contributed by atoms with Crippen molar-refractivity contribution >= 4 is 11.9 Å². The second-order valence-electron chi connectivity index (χ2n) is 13.6. The van der Waals surface area contributed by atoms with Crippen LogP contribution in [0.1, 0.15) is 99.8 Å². The van der Waals surface area contributed by atoms with Crippen LogP contribution in [-0.4, -0.2) is 40.5 Å². The Balaban J connectivity index is 0.00000400. The topological polar surface area (TPSA) is 107 Å². The van der Waals surface area contributed by atoms with Gasteiger partial charge in [0.15, 0.2) is 0 Å². The van der Waals surface area contributed by atoms with Crippen molar-refractivity contribution in [3.63, 3.8) is 0 Å². The molecule has 38 heavy (non-hydrogen) atoms. The molecular formula is C31H47NaO6. The largest absolute Gasteiger partial charge is 1.00 e. The molecule has 2 N–H and O–H groups in total. The number of carbonyl (C=O) groups is 2. The molecule has 0 aromatic carbocycles. The van der Waals surface area contributed by atoms with E-state index in [2.05, 4.69) is 27.7 Å². The molecule has 4 aliphatic rings. The van der Waals surface area contributed by atoms with E-state index in [0.717, 1.165) is 31.3 Å². The van der Waals surface area contributed by atoms with Crippen LogP contribution in [0.3, 0.4) is 0 Å². The van der Waals surface area contributed by atoms with Gasteiger partial charge < -0.3 is 24.9 Å². The second-order valence-corrected chi connectivity index (χ2v) is 13.6. The number of rotatable bonds is 5. The van der Waals surface area contributed by atoms with Crippen molar-refractivity contribution in [2.45, 2.75) is 118 Å². The Hall–Kier alpha value is -0.660. The van der Waals surface area contributed by atoms with Gasteiger partial charge in [0.05, 0.1) is 18.2 Å². The number of carboxylic acids is 1. The van der Waals surface area contributed by atoms with Gasteiger partial charge in [-0.25, -0.2) is 0 Å². The van der Waals surface area contributed by atoms with E-state index in [1.54, 1.807) is 0 Å². The maximum absolute atomic E-state index is 12.5. The first-order valence-electron chi connectivity index (χ1n) is 14.3. The van der Waals surface area contributed by atoms with Gasteiger partial charge in [-0.15, -0.1) is 0 Å². The zero-order valence-electron chi connectivity index (χ0n) is 24.8. The standard InChI is InChI=1S/C31H48O6.Na/c1-17(2)9-8-10-20(28(35)36)26-22-15-24(34)27-29(5)13-12-23(33)18(3)21(29)11-14-30(27,6)31(22,7)16-25(26)37-19(4)32;/h9,18,21-25,27,33-34H,8,10-16H2,1-7H3,(H,35,36);/q;+1/p-1. The Morgan fingerprint density at radius 3 is 2.29 bits per heavy atom. The van der Waals surface area contributed by atoms with Gasteiger partial charge >= 0.3 is 35.5 Å². The van der Waals surface area contributed by atoms with Gasteiger partial charge in [0.1, 0.15) is 6.10 Å². The Bertz CT molecular complexity index is 1000. The summed E-state index contributed by atoms with van der Waals surface area (Å²) in [4.78, 5) is 24.7. The average Bonchev–Trinajstić information content (AvgIpc) is 3.05. The summed E-state index contributed by atoms with van der Waals surface area (Å²) in [5.41, 5.74) is 1.31. The van der Waals surface area contributed by atoms with Crippen LogP contribution in [0.15, 0.2) is 22.8 Å². The van der Waals surface area contributed by atoms with E-state index in [9.17, 15) is 24.9 Å². The molecule has 10 atom stereocenters. The molecule has 4 aliphatic carbocycles. The molecular weight excluding hydrogens is 491 g/mol. The Morgan fingerprint density at radius 2 is 1.71 bits per heavy atom. The number of allylic oxidation sites excluding steroid dienone is 2. The van der Waals surface area contributed by atoms with E-state index in [0.29, 0.717) is 37.2 Å². The minimum atomic E-state index is -1.20. The summed E-state index contributed by atoms with van der Waals surface area (Å²) in [7, 11) is 0. The summed E-state index contributed by atoms with van der Waals surface area (Å²) in [5.74, 6) is -1.25. The number of hydrogen-bond acceptors (Lipinski definition) is 6. The van der Waals surface area contributed by atoms with E-state index in [1.165, 1.54) is 6.92 Å². The van der Waals surface area contributed by atoms with Crippen LogP contribution in [0, 0.1) is 39.9 Å². The first-order chi connectivity index (χ1) is 17.2. The predicted molar refractivity (Wildman–Crippen MR) is 140 cm³/mol. The Kier molecular flexibility index (Phi) is 9.49. The molecule has 10 unspecified atom stereocenters. The molecule has 0 saturated heterocycles. The number of carboxylic acid groups (broad SMARTS) is 1. The van der Waals surface area contributed by atoms with E-state index in [-0.39, 0.29) is 75.2 Å². The molecule has 0 aromatic rings. The fourth-order valence-electron chi connectivity index (χ4n) is 9.78. The number of aliphatic hydroxyl groups excluding tert-OH is 2. The van der Waals surface area contributed by atoms with Crippen molar-refractivity contribution in [2.24, 2.45) is 39.9 Å². The van der Waals surface area contributed by atoms with E-state index in [4.69, 9.17) is 4.74 Å². The molecule has 4 saturated carbocycles. The molecule has 0 bridgehead atoms. The zero-order valence-corrected chi connectivity index (χ0v) is 26.8. The van der Waals surface area contributed by atoms with E-state index in [1.807, 2.05) is 19.9 Å². The van der Waals surface area contributed by atoms with Gasteiger partial charge in [-0.1, -0.05) is 39.3 Å². The van der Waals surface area contributed by atoms with Crippen molar-refractivity contribution in [1.82, 2.24) is 0 Å². The second kappa shape index (κ2) is 11.3. The van der Waals surface area contributed by atoms with E-state index >= 15 is 0 Å². The van der Waals surface area contributed by atoms with Gasteiger partial charge in [0.25, 0.3) is 0 Å². The minimum Gasteiger partial charge on any atom is -0.545 e. The molecule has 0 radical (unpaired) electrons. The summed E-state index contributed by atoms with van der Waals surface area (Å²) in [6.45, 7) is 14.4. The van der Waals surface area contributed by atoms with Crippen molar-refractivity contribution in [2.75, 3.05) is 0 Å². The number of hydrogen-bond donors (Lipinski definition) is 2. The molecule has 6 nitrogen and oxygen atoms in total. The molecule has 0 spiro atoms. The SMILES string of the molecule is CC(=O)OC1CC2(C)C(CC(O)C3C4(C)CCC(O)C(C)C4CCC32C)C1=C(CCC=C(C)C)C(=O)[O-].[Na+].